The number of ether oxygens (including phenoxy) is 2. The van der Waals surface area contributed by atoms with Gasteiger partial charge in [0.15, 0.2) is 0 Å². The van der Waals surface area contributed by atoms with E-state index in [1.807, 2.05) is 32.0 Å². The molecule has 0 N–H and O–H groups in total. The number of rotatable bonds is 9. The molecule has 1 aromatic rings. The number of unbranched alkanes of at least 4 members (excludes halogenated alkanes) is 2. The summed E-state index contributed by atoms with van der Waals surface area (Å²) in [6.45, 7) is 8.29. The summed E-state index contributed by atoms with van der Waals surface area (Å²) in [4.78, 5) is 30.5. The van der Waals surface area contributed by atoms with Crippen LogP contribution in [-0.4, -0.2) is 30.9 Å². The average molecular weight is 420 g/mol. The number of hydrogen-bond donors (Lipinski definition) is 0. The van der Waals surface area contributed by atoms with Crippen LogP contribution in [0.2, 0.25) is 5.02 Å². The molecule has 2 unspecified atom stereocenters. The summed E-state index contributed by atoms with van der Waals surface area (Å²) < 4.78 is 11.0. The first-order valence-electron chi connectivity index (χ1n) is 10.3. The smallest absolute Gasteiger partial charge is 0.336 e. The minimum absolute atomic E-state index is 0.329. The molecule has 0 amide bonds. The van der Waals surface area contributed by atoms with Gasteiger partial charge >= 0.3 is 11.9 Å². The van der Waals surface area contributed by atoms with Crippen molar-refractivity contribution in [2.75, 3.05) is 13.2 Å². The lowest BCUT2D eigenvalue weighted by atomic mass is 9.75. The molecule has 0 bridgehead atoms. The molecule has 0 saturated carbocycles. The summed E-state index contributed by atoms with van der Waals surface area (Å²) in [7, 11) is 0. The predicted molar refractivity (Wildman–Crippen MR) is 115 cm³/mol. The van der Waals surface area contributed by atoms with Gasteiger partial charge in [0.1, 0.15) is 5.92 Å². The Balaban J connectivity index is 2.48. The van der Waals surface area contributed by atoms with Crippen molar-refractivity contribution in [1.29, 1.82) is 0 Å². The van der Waals surface area contributed by atoms with Crippen LogP contribution in [0.25, 0.3) is 0 Å². The second kappa shape index (κ2) is 11.1. The van der Waals surface area contributed by atoms with Gasteiger partial charge in [-0.25, -0.2) is 4.79 Å². The summed E-state index contributed by atoms with van der Waals surface area (Å²) in [5.41, 5.74) is 2.23. The van der Waals surface area contributed by atoms with Crippen molar-refractivity contribution < 1.29 is 19.1 Å². The molecule has 0 aromatic heterocycles. The number of aliphatic imine (C=N–C) groups is 1. The minimum atomic E-state index is -0.718. The van der Waals surface area contributed by atoms with E-state index in [0.29, 0.717) is 40.8 Å². The Morgan fingerprint density at radius 1 is 1.03 bits per heavy atom. The van der Waals surface area contributed by atoms with Crippen LogP contribution in [0.1, 0.15) is 64.9 Å². The van der Waals surface area contributed by atoms with E-state index in [2.05, 4.69) is 4.99 Å². The maximum absolute atomic E-state index is 13.0. The highest BCUT2D eigenvalue weighted by Crippen LogP contribution is 2.42. The lowest BCUT2D eigenvalue weighted by molar-refractivity contribution is -0.147. The number of hydrogen-bond acceptors (Lipinski definition) is 5. The Kier molecular flexibility index (Phi) is 8.90. The molecule has 5 nitrogen and oxygen atoms in total. The fraction of sp³-hybridized carbons (Fsp3) is 0.522. The van der Waals surface area contributed by atoms with Crippen molar-refractivity contribution in [3.63, 3.8) is 0 Å². The fourth-order valence-corrected chi connectivity index (χ4v) is 3.72. The standard InChI is InChI=1S/C23H30ClNO4/c1-5-7-13-28-22(26)19-15(3)25-16(4)20(23(27)29-14-8-6-2)21(19)17-11-9-10-12-18(17)24/h9-12,19,21H,5-8,13-14H2,1-4H3. The normalized spacial score (nSPS) is 19.0. The minimum Gasteiger partial charge on any atom is -0.465 e. The van der Waals surface area contributed by atoms with Crippen LogP contribution in [0, 0.1) is 5.92 Å². The Morgan fingerprint density at radius 3 is 2.28 bits per heavy atom. The molecule has 0 aliphatic carbocycles. The SMILES string of the molecule is CCCCOC(=O)C1=C(C)N=C(C)C(C(=O)OCCCC)C1c1ccccc1Cl. The van der Waals surface area contributed by atoms with E-state index in [9.17, 15) is 9.59 Å². The van der Waals surface area contributed by atoms with Crippen LogP contribution in [0.15, 0.2) is 40.5 Å². The maximum Gasteiger partial charge on any atom is 0.336 e. The zero-order valence-corrected chi connectivity index (χ0v) is 18.4. The second-order valence-electron chi connectivity index (χ2n) is 7.24. The summed E-state index contributed by atoms with van der Waals surface area (Å²) in [5, 5.41) is 0.491. The van der Waals surface area contributed by atoms with Crippen LogP contribution in [0.5, 0.6) is 0 Å². The number of nitrogens with zero attached hydrogens (tertiary/aromatic N) is 1. The molecule has 1 aromatic carbocycles. The third-order valence-electron chi connectivity index (χ3n) is 5.02. The summed E-state index contributed by atoms with van der Waals surface area (Å²) in [6.07, 6.45) is 3.40. The number of carbonyl (C=O) groups is 2. The molecule has 0 spiro atoms. The van der Waals surface area contributed by atoms with E-state index in [4.69, 9.17) is 21.1 Å². The van der Waals surface area contributed by atoms with Gasteiger partial charge in [0.25, 0.3) is 0 Å². The van der Waals surface area contributed by atoms with Crippen molar-refractivity contribution in [1.82, 2.24) is 0 Å². The zero-order valence-electron chi connectivity index (χ0n) is 17.7. The summed E-state index contributed by atoms with van der Waals surface area (Å²) in [6, 6.07) is 7.26. The zero-order chi connectivity index (χ0) is 21.4. The third kappa shape index (κ3) is 5.69. The molecular formula is C23H30ClNO4. The first-order valence-corrected chi connectivity index (χ1v) is 10.6. The first-order chi connectivity index (χ1) is 13.9. The molecule has 2 rings (SSSR count). The van der Waals surface area contributed by atoms with Crippen molar-refractivity contribution >= 4 is 29.3 Å². The molecule has 0 fully saturated rings. The number of allylic oxidation sites excluding steroid dienone is 1. The maximum atomic E-state index is 13.0. The number of benzene rings is 1. The number of carbonyl (C=O) groups excluding carboxylic acids is 2. The van der Waals surface area contributed by atoms with Gasteiger partial charge in [0.05, 0.1) is 18.8 Å². The van der Waals surface area contributed by atoms with E-state index in [-0.39, 0.29) is 0 Å². The highest BCUT2D eigenvalue weighted by molar-refractivity contribution is 6.31. The van der Waals surface area contributed by atoms with Crippen LogP contribution >= 0.6 is 11.6 Å². The Morgan fingerprint density at radius 2 is 1.66 bits per heavy atom. The van der Waals surface area contributed by atoms with Gasteiger partial charge in [0.2, 0.25) is 0 Å². The molecule has 0 radical (unpaired) electrons. The number of esters is 2. The van der Waals surface area contributed by atoms with Gasteiger partial charge in [-0.1, -0.05) is 56.5 Å². The summed E-state index contributed by atoms with van der Waals surface area (Å²) in [5.74, 6) is -2.16. The van der Waals surface area contributed by atoms with Crippen LogP contribution in [-0.2, 0) is 19.1 Å². The molecule has 0 saturated heterocycles. The molecule has 29 heavy (non-hydrogen) atoms. The second-order valence-corrected chi connectivity index (χ2v) is 7.65. The Hall–Kier alpha value is -2.14. The third-order valence-corrected chi connectivity index (χ3v) is 5.36. The first kappa shape index (κ1) is 23.1. The van der Waals surface area contributed by atoms with Crippen molar-refractivity contribution in [3.05, 3.63) is 46.1 Å². The molecule has 1 aliphatic heterocycles. The lowest BCUT2D eigenvalue weighted by Gasteiger charge is -2.32. The van der Waals surface area contributed by atoms with E-state index < -0.39 is 23.8 Å². The largest absolute Gasteiger partial charge is 0.465 e. The molecule has 1 heterocycles. The molecular weight excluding hydrogens is 390 g/mol. The van der Waals surface area contributed by atoms with Gasteiger partial charge in [-0.2, -0.15) is 0 Å². The van der Waals surface area contributed by atoms with Crippen molar-refractivity contribution in [2.45, 2.75) is 59.3 Å². The van der Waals surface area contributed by atoms with Crippen LogP contribution in [0.4, 0.5) is 0 Å². The highest BCUT2D eigenvalue weighted by atomic mass is 35.5. The van der Waals surface area contributed by atoms with E-state index in [0.717, 1.165) is 25.7 Å². The van der Waals surface area contributed by atoms with Gasteiger partial charge in [-0.3, -0.25) is 9.79 Å². The van der Waals surface area contributed by atoms with Crippen molar-refractivity contribution in [2.24, 2.45) is 10.9 Å². The van der Waals surface area contributed by atoms with Gasteiger partial charge in [-0.15, -0.1) is 0 Å². The predicted octanol–water partition coefficient (Wildman–Crippen LogP) is 5.47. The van der Waals surface area contributed by atoms with Crippen LogP contribution in [0.3, 0.4) is 0 Å². The topological polar surface area (TPSA) is 65.0 Å². The highest BCUT2D eigenvalue weighted by Gasteiger charge is 2.43. The van der Waals surface area contributed by atoms with Gasteiger partial charge in [0, 0.05) is 22.3 Å². The molecule has 1 aliphatic rings. The van der Waals surface area contributed by atoms with E-state index in [1.165, 1.54) is 0 Å². The Bertz CT molecular complexity index is 800. The van der Waals surface area contributed by atoms with Crippen LogP contribution < -0.4 is 0 Å². The van der Waals surface area contributed by atoms with Crippen molar-refractivity contribution in [3.8, 4) is 0 Å². The number of halogens is 1. The van der Waals surface area contributed by atoms with Gasteiger partial charge < -0.3 is 9.47 Å². The molecule has 158 valence electrons. The molecule has 6 heteroatoms. The Labute approximate surface area is 178 Å². The summed E-state index contributed by atoms with van der Waals surface area (Å²) >= 11 is 6.48. The van der Waals surface area contributed by atoms with E-state index >= 15 is 0 Å². The molecule has 2 atom stereocenters. The lowest BCUT2D eigenvalue weighted by Crippen LogP contribution is -2.37. The fourth-order valence-electron chi connectivity index (χ4n) is 3.46. The monoisotopic (exact) mass is 419 g/mol. The van der Waals surface area contributed by atoms with E-state index in [1.54, 1.807) is 19.9 Å². The average Bonchev–Trinajstić information content (AvgIpc) is 2.68. The van der Waals surface area contributed by atoms with Gasteiger partial charge in [-0.05, 0) is 38.3 Å². The quantitative estimate of drug-likeness (QED) is 0.393.